The molecule has 4 bridgehead atoms. The van der Waals surface area contributed by atoms with Crippen LogP contribution in [0.4, 0.5) is 0 Å². The van der Waals surface area contributed by atoms with Crippen LogP contribution in [-0.2, 0) is 0 Å². The molecule has 0 aromatic carbocycles. The highest BCUT2D eigenvalue weighted by atomic mass is 16.3. The summed E-state index contributed by atoms with van der Waals surface area (Å²) in [7, 11) is 0. The molecule has 0 amide bonds. The van der Waals surface area contributed by atoms with Gasteiger partial charge in [0, 0.05) is 12.1 Å². The molecule has 0 aromatic rings. The van der Waals surface area contributed by atoms with Crippen LogP contribution in [0.5, 0.6) is 0 Å². The zero-order chi connectivity index (χ0) is 11.3. The molecule has 0 radical (unpaired) electrons. The lowest BCUT2D eigenvalue weighted by atomic mass is 9.48. The Morgan fingerprint density at radius 3 is 2.00 bits per heavy atom. The van der Waals surface area contributed by atoms with Crippen molar-refractivity contribution in [2.24, 2.45) is 35.3 Å². The number of rotatable bonds is 3. The van der Waals surface area contributed by atoms with Crippen LogP contribution in [-0.4, -0.2) is 17.3 Å². The number of aliphatic hydroxyl groups excluding tert-OH is 1. The molecule has 0 saturated heterocycles. The van der Waals surface area contributed by atoms with Crippen molar-refractivity contribution in [3.8, 4) is 0 Å². The molecule has 4 fully saturated rings. The smallest absolute Gasteiger partial charge is 0.0448 e. The first-order valence-electron chi connectivity index (χ1n) is 7.00. The minimum Gasteiger partial charge on any atom is -0.396 e. The van der Waals surface area contributed by atoms with E-state index in [1.54, 1.807) is 0 Å². The summed E-state index contributed by atoms with van der Waals surface area (Å²) in [5.41, 5.74) is 6.36. The van der Waals surface area contributed by atoms with E-state index in [-0.39, 0.29) is 12.1 Å². The van der Waals surface area contributed by atoms with E-state index in [1.807, 2.05) is 0 Å². The maximum atomic E-state index is 9.18. The van der Waals surface area contributed by atoms with Crippen LogP contribution in [0.3, 0.4) is 0 Å². The molecule has 4 rings (SSSR count). The maximum absolute atomic E-state index is 9.18. The average molecular weight is 223 g/mol. The van der Waals surface area contributed by atoms with Gasteiger partial charge in [-0.15, -0.1) is 0 Å². The van der Waals surface area contributed by atoms with Crippen LogP contribution in [0.2, 0.25) is 0 Å². The van der Waals surface area contributed by atoms with Crippen molar-refractivity contribution in [3.05, 3.63) is 0 Å². The second kappa shape index (κ2) is 3.71. The Bertz CT molecular complexity index is 246. The molecule has 4 saturated carbocycles. The summed E-state index contributed by atoms with van der Waals surface area (Å²) < 4.78 is 0. The average Bonchev–Trinajstić information content (AvgIpc) is 2.14. The van der Waals surface area contributed by atoms with Gasteiger partial charge in [0.2, 0.25) is 0 Å². The summed E-state index contributed by atoms with van der Waals surface area (Å²) >= 11 is 0. The molecule has 0 spiro atoms. The predicted molar refractivity (Wildman–Crippen MR) is 64.8 cm³/mol. The minimum atomic E-state index is -0.128. The van der Waals surface area contributed by atoms with Gasteiger partial charge in [0.25, 0.3) is 0 Å². The standard InChI is InChI=1S/C14H25NO/c1-14(15,2-3-16)13-11-5-9-4-10(7-11)8-12(13)6-9/h9-13,16H,2-8,15H2,1H3. The summed E-state index contributed by atoms with van der Waals surface area (Å²) in [6.45, 7) is 2.42. The lowest BCUT2D eigenvalue weighted by molar-refractivity contribution is -0.0698. The van der Waals surface area contributed by atoms with E-state index in [0.717, 1.165) is 30.1 Å². The van der Waals surface area contributed by atoms with Gasteiger partial charge >= 0.3 is 0 Å². The van der Waals surface area contributed by atoms with Crippen LogP contribution >= 0.6 is 0 Å². The summed E-state index contributed by atoms with van der Waals surface area (Å²) in [6.07, 6.45) is 7.98. The fourth-order valence-electron chi connectivity index (χ4n) is 5.41. The van der Waals surface area contributed by atoms with Gasteiger partial charge in [-0.2, -0.15) is 0 Å². The van der Waals surface area contributed by atoms with Crippen molar-refractivity contribution < 1.29 is 5.11 Å². The van der Waals surface area contributed by atoms with Crippen molar-refractivity contribution in [1.29, 1.82) is 0 Å². The second-order valence-corrected chi connectivity index (χ2v) is 6.94. The van der Waals surface area contributed by atoms with Crippen molar-refractivity contribution in [1.82, 2.24) is 0 Å². The molecule has 0 aliphatic heterocycles. The van der Waals surface area contributed by atoms with Gasteiger partial charge in [-0.3, -0.25) is 0 Å². The van der Waals surface area contributed by atoms with Crippen molar-refractivity contribution in [3.63, 3.8) is 0 Å². The Hall–Kier alpha value is -0.0800. The maximum Gasteiger partial charge on any atom is 0.0448 e. The number of hydrogen-bond donors (Lipinski definition) is 2. The van der Waals surface area contributed by atoms with E-state index in [2.05, 4.69) is 6.92 Å². The molecule has 16 heavy (non-hydrogen) atoms. The molecule has 4 aliphatic rings. The molecule has 4 aliphatic carbocycles. The third kappa shape index (κ3) is 1.62. The molecular weight excluding hydrogens is 198 g/mol. The Labute approximate surface area is 98.6 Å². The molecule has 3 N–H and O–H groups in total. The molecule has 0 heterocycles. The van der Waals surface area contributed by atoms with Crippen molar-refractivity contribution >= 4 is 0 Å². The Morgan fingerprint density at radius 1 is 1.06 bits per heavy atom. The van der Waals surface area contributed by atoms with E-state index in [1.165, 1.54) is 32.1 Å². The zero-order valence-electron chi connectivity index (χ0n) is 10.4. The highest BCUT2D eigenvalue weighted by molar-refractivity contribution is 5.05. The fourth-order valence-corrected chi connectivity index (χ4v) is 5.41. The van der Waals surface area contributed by atoms with Gasteiger partial charge in [0.05, 0.1) is 0 Å². The first-order valence-corrected chi connectivity index (χ1v) is 7.00. The molecular formula is C14H25NO. The van der Waals surface area contributed by atoms with Crippen LogP contribution in [0.15, 0.2) is 0 Å². The van der Waals surface area contributed by atoms with Crippen LogP contribution < -0.4 is 5.73 Å². The van der Waals surface area contributed by atoms with Crippen molar-refractivity contribution in [2.75, 3.05) is 6.61 Å². The summed E-state index contributed by atoms with van der Waals surface area (Å²) in [6, 6.07) is 0. The predicted octanol–water partition coefficient (Wildman–Crippen LogP) is 2.16. The first-order chi connectivity index (χ1) is 7.60. The Balaban J connectivity index is 1.81. The number of aliphatic hydroxyl groups is 1. The Morgan fingerprint density at radius 2 is 1.56 bits per heavy atom. The normalized spacial score (nSPS) is 49.3. The molecule has 2 heteroatoms. The lowest BCUT2D eigenvalue weighted by Gasteiger charge is -2.58. The molecule has 1 atom stereocenters. The van der Waals surface area contributed by atoms with E-state index in [0.29, 0.717) is 5.92 Å². The molecule has 92 valence electrons. The quantitative estimate of drug-likeness (QED) is 0.770. The third-order valence-corrected chi connectivity index (χ3v) is 5.64. The van der Waals surface area contributed by atoms with Gasteiger partial charge in [-0.05, 0) is 75.0 Å². The molecule has 1 unspecified atom stereocenters. The van der Waals surface area contributed by atoms with Crippen LogP contribution in [0, 0.1) is 29.6 Å². The van der Waals surface area contributed by atoms with Gasteiger partial charge in [0.1, 0.15) is 0 Å². The zero-order valence-corrected chi connectivity index (χ0v) is 10.4. The fraction of sp³-hybridized carbons (Fsp3) is 1.00. The summed E-state index contributed by atoms with van der Waals surface area (Å²) in [5, 5.41) is 9.18. The van der Waals surface area contributed by atoms with Crippen LogP contribution in [0.1, 0.15) is 45.4 Å². The van der Waals surface area contributed by atoms with Crippen molar-refractivity contribution in [2.45, 2.75) is 51.0 Å². The number of hydrogen-bond acceptors (Lipinski definition) is 2. The van der Waals surface area contributed by atoms with Gasteiger partial charge < -0.3 is 10.8 Å². The minimum absolute atomic E-state index is 0.128. The van der Waals surface area contributed by atoms with E-state index in [9.17, 15) is 5.11 Å². The summed E-state index contributed by atoms with van der Waals surface area (Å²) in [4.78, 5) is 0. The Kier molecular flexibility index (Phi) is 2.56. The van der Waals surface area contributed by atoms with E-state index < -0.39 is 0 Å². The lowest BCUT2D eigenvalue weighted by Crippen LogP contribution is -2.58. The second-order valence-electron chi connectivity index (χ2n) is 6.94. The third-order valence-electron chi connectivity index (χ3n) is 5.64. The molecule has 0 aromatic heterocycles. The highest BCUT2D eigenvalue weighted by Gasteiger charge is 2.52. The largest absolute Gasteiger partial charge is 0.396 e. The monoisotopic (exact) mass is 223 g/mol. The van der Waals surface area contributed by atoms with Gasteiger partial charge in [-0.1, -0.05) is 0 Å². The number of nitrogens with two attached hydrogens (primary N) is 1. The highest BCUT2D eigenvalue weighted by Crippen LogP contribution is 2.58. The van der Waals surface area contributed by atoms with E-state index in [4.69, 9.17) is 5.73 Å². The SMILES string of the molecule is CC(N)(CCO)C1C2CC3CC(C2)CC1C3. The van der Waals surface area contributed by atoms with Crippen LogP contribution in [0.25, 0.3) is 0 Å². The van der Waals surface area contributed by atoms with Gasteiger partial charge in [0.15, 0.2) is 0 Å². The summed E-state index contributed by atoms with van der Waals surface area (Å²) in [5.74, 6) is 4.47. The molecule has 2 nitrogen and oxygen atoms in total. The van der Waals surface area contributed by atoms with Gasteiger partial charge in [-0.25, -0.2) is 0 Å². The first kappa shape index (κ1) is 11.0. The topological polar surface area (TPSA) is 46.2 Å². The van der Waals surface area contributed by atoms with E-state index >= 15 is 0 Å².